The Balaban J connectivity index is 1.28. The zero-order valence-corrected chi connectivity index (χ0v) is 18.4. The van der Waals surface area contributed by atoms with Gasteiger partial charge in [-0.25, -0.2) is 9.78 Å². The second kappa shape index (κ2) is 8.43. The van der Waals surface area contributed by atoms with Crippen molar-refractivity contribution in [1.29, 1.82) is 0 Å². The van der Waals surface area contributed by atoms with Crippen LogP contribution in [0.2, 0.25) is 0 Å². The summed E-state index contributed by atoms with van der Waals surface area (Å²) in [6.45, 7) is 0. The standard InChI is InChI=1S/C29H18N2O4/c32-27(30-22-13-14-26-24(17-22)31-28(34-26)18-7-2-1-3-8-18)21-11-6-10-19(15-21)23-16-20-9-4-5-12-25(20)35-29(23)33/h1-17H,(H,30,32). The van der Waals surface area contributed by atoms with Crippen molar-refractivity contribution in [2.75, 3.05) is 5.32 Å². The summed E-state index contributed by atoms with van der Waals surface area (Å²) >= 11 is 0. The zero-order chi connectivity index (χ0) is 23.8. The minimum atomic E-state index is -0.452. The smallest absolute Gasteiger partial charge is 0.344 e. The molecule has 6 nitrogen and oxygen atoms in total. The topological polar surface area (TPSA) is 85.3 Å². The van der Waals surface area contributed by atoms with Crippen LogP contribution in [-0.2, 0) is 0 Å². The first-order chi connectivity index (χ1) is 17.1. The van der Waals surface area contributed by atoms with Crippen LogP contribution in [0.1, 0.15) is 10.4 Å². The summed E-state index contributed by atoms with van der Waals surface area (Å²) in [5, 5.41) is 3.71. The highest BCUT2D eigenvalue weighted by Crippen LogP contribution is 2.27. The van der Waals surface area contributed by atoms with Gasteiger partial charge in [0.05, 0.1) is 5.56 Å². The second-order valence-electron chi connectivity index (χ2n) is 8.09. The van der Waals surface area contributed by atoms with E-state index in [1.165, 1.54) is 0 Å². The van der Waals surface area contributed by atoms with Gasteiger partial charge in [0.1, 0.15) is 11.1 Å². The van der Waals surface area contributed by atoms with Gasteiger partial charge < -0.3 is 14.2 Å². The van der Waals surface area contributed by atoms with Gasteiger partial charge in [0.15, 0.2) is 5.58 Å². The third-order valence-electron chi connectivity index (χ3n) is 5.74. The third kappa shape index (κ3) is 3.98. The lowest BCUT2D eigenvalue weighted by molar-refractivity contribution is 0.102. The first kappa shape index (κ1) is 20.6. The number of amides is 1. The molecule has 0 saturated carbocycles. The lowest BCUT2D eigenvalue weighted by Gasteiger charge is -2.07. The fraction of sp³-hybridized carbons (Fsp3) is 0. The molecule has 0 aliphatic heterocycles. The Bertz CT molecular complexity index is 1770. The van der Waals surface area contributed by atoms with Crippen molar-refractivity contribution in [2.24, 2.45) is 0 Å². The average Bonchev–Trinajstić information content (AvgIpc) is 3.32. The lowest BCUT2D eigenvalue weighted by Crippen LogP contribution is -2.12. The van der Waals surface area contributed by atoms with Gasteiger partial charge in [-0.2, -0.15) is 0 Å². The number of aromatic nitrogens is 1. The Hall–Kier alpha value is -4.97. The maximum atomic E-state index is 13.0. The molecule has 1 amide bonds. The number of rotatable bonds is 4. The highest BCUT2D eigenvalue weighted by atomic mass is 16.4. The number of hydrogen-bond donors (Lipinski definition) is 1. The number of benzene rings is 4. The van der Waals surface area contributed by atoms with Gasteiger partial charge in [0.25, 0.3) is 5.91 Å². The second-order valence-corrected chi connectivity index (χ2v) is 8.09. The molecule has 2 heterocycles. The Morgan fingerprint density at radius 3 is 2.40 bits per heavy atom. The fourth-order valence-corrected chi connectivity index (χ4v) is 4.00. The van der Waals surface area contributed by atoms with E-state index >= 15 is 0 Å². The summed E-state index contributed by atoms with van der Waals surface area (Å²) in [6, 6.07) is 30.9. The van der Waals surface area contributed by atoms with Gasteiger partial charge in [-0.05, 0) is 60.2 Å². The van der Waals surface area contributed by atoms with Gasteiger partial charge in [-0.15, -0.1) is 0 Å². The van der Waals surface area contributed by atoms with Gasteiger partial charge in [-0.1, -0.05) is 48.5 Å². The summed E-state index contributed by atoms with van der Waals surface area (Å²) in [6.07, 6.45) is 0. The number of carbonyl (C=O) groups is 1. The van der Waals surface area contributed by atoms with E-state index in [-0.39, 0.29) is 5.91 Å². The molecule has 0 saturated heterocycles. The molecule has 0 aliphatic carbocycles. The molecule has 0 atom stereocenters. The van der Waals surface area contributed by atoms with Crippen LogP contribution in [0, 0.1) is 0 Å². The van der Waals surface area contributed by atoms with E-state index < -0.39 is 5.63 Å². The monoisotopic (exact) mass is 458 g/mol. The number of anilines is 1. The summed E-state index contributed by atoms with van der Waals surface area (Å²) in [5.41, 5.74) is 4.24. The fourth-order valence-electron chi connectivity index (χ4n) is 4.00. The summed E-state index contributed by atoms with van der Waals surface area (Å²) in [5.74, 6) is 0.217. The van der Waals surface area contributed by atoms with Crippen LogP contribution in [0.4, 0.5) is 5.69 Å². The van der Waals surface area contributed by atoms with E-state index in [2.05, 4.69) is 10.3 Å². The molecule has 0 unspecified atom stereocenters. The molecule has 2 aromatic heterocycles. The number of carbonyl (C=O) groups excluding carboxylic acids is 1. The molecule has 0 spiro atoms. The highest BCUT2D eigenvalue weighted by Gasteiger charge is 2.13. The van der Waals surface area contributed by atoms with Crippen LogP contribution in [0.15, 0.2) is 117 Å². The van der Waals surface area contributed by atoms with E-state index in [0.717, 1.165) is 10.9 Å². The van der Waals surface area contributed by atoms with Gasteiger partial charge in [0, 0.05) is 22.2 Å². The number of hydrogen-bond acceptors (Lipinski definition) is 5. The molecule has 0 fully saturated rings. The molecule has 1 N–H and O–H groups in total. The average molecular weight is 458 g/mol. The predicted molar refractivity (Wildman–Crippen MR) is 135 cm³/mol. The van der Waals surface area contributed by atoms with Crippen molar-refractivity contribution in [2.45, 2.75) is 0 Å². The molecule has 6 aromatic rings. The Morgan fingerprint density at radius 1 is 0.714 bits per heavy atom. The molecule has 0 bridgehead atoms. The van der Waals surface area contributed by atoms with Crippen LogP contribution in [0.3, 0.4) is 0 Å². The molecular weight excluding hydrogens is 440 g/mol. The molecular formula is C29H18N2O4. The largest absolute Gasteiger partial charge is 0.436 e. The van der Waals surface area contributed by atoms with Gasteiger partial charge >= 0.3 is 5.63 Å². The predicted octanol–water partition coefficient (Wildman–Crippen LogP) is 6.52. The van der Waals surface area contributed by atoms with Crippen molar-refractivity contribution in [3.8, 4) is 22.6 Å². The van der Waals surface area contributed by atoms with E-state index in [9.17, 15) is 9.59 Å². The Labute approximate surface area is 199 Å². The third-order valence-corrected chi connectivity index (χ3v) is 5.74. The molecule has 6 heteroatoms. The van der Waals surface area contributed by atoms with Crippen molar-refractivity contribution in [1.82, 2.24) is 4.98 Å². The van der Waals surface area contributed by atoms with Crippen LogP contribution in [0.25, 0.3) is 44.7 Å². The van der Waals surface area contributed by atoms with Crippen molar-refractivity contribution < 1.29 is 13.6 Å². The molecule has 0 aliphatic rings. The number of para-hydroxylation sites is 1. The van der Waals surface area contributed by atoms with Gasteiger partial charge in [-0.3, -0.25) is 4.79 Å². The van der Waals surface area contributed by atoms with Crippen molar-refractivity contribution >= 4 is 33.7 Å². The summed E-state index contributed by atoms with van der Waals surface area (Å²) < 4.78 is 11.3. The van der Waals surface area contributed by atoms with E-state index in [4.69, 9.17) is 8.83 Å². The molecule has 168 valence electrons. The zero-order valence-electron chi connectivity index (χ0n) is 18.4. The SMILES string of the molecule is O=C(Nc1ccc2oc(-c3ccccc3)nc2c1)c1cccc(-c2cc3ccccc3oc2=O)c1. The quantitative estimate of drug-likeness (QED) is 0.304. The number of nitrogens with one attached hydrogen (secondary N) is 1. The maximum Gasteiger partial charge on any atom is 0.344 e. The lowest BCUT2D eigenvalue weighted by atomic mass is 10.0. The maximum absolute atomic E-state index is 13.0. The number of nitrogens with zero attached hydrogens (tertiary/aromatic N) is 1. The molecule has 6 rings (SSSR count). The molecule has 4 aromatic carbocycles. The summed E-state index contributed by atoms with van der Waals surface area (Å²) in [4.78, 5) is 30.1. The number of fused-ring (bicyclic) bond motifs is 2. The number of oxazole rings is 1. The summed E-state index contributed by atoms with van der Waals surface area (Å²) in [7, 11) is 0. The minimum Gasteiger partial charge on any atom is -0.436 e. The van der Waals surface area contributed by atoms with Gasteiger partial charge in [0.2, 0.25) is 5.89 Å². The van der Waals surface area contributed by atoms with Crippen molar-refractivity contribution in [3.63, 3.8) is 0 Å². The van der Waals surface area contributed by atoms with E-state index in [0.29, 0.717) is 45.0 Å². The van der Waals surface area contributed by atoms with Crippen LogP contribution < -0.4 is 10.9 Å². The Morgan fingerprint density at radius 2 is 1.51 bits per heavy atom. The van der Waals surface area contributed by atoms with Crippen molar-refractivity contribution in [3.05, 3.63) is 119 Å². The van der Waals surface area contributed by atoms with Crippen LogP contribution in [-0.4, -0.2) is 10.9 Å². The first-order valence-corrected chi connectivity index (χ1v) is 11.0. The van der Waals surface area contributed by atoms with Crippen LogP contribution in [0.5, 0.6) is 0 Å². The van der Waals surface area contributed by atoms with E-state index in [1.807, 2.05) is 48.5 Å². The molecule has 0 radical (unpaired) electrons. The normalized spacial score (nSPS) is 11.1. The first-order valence-electron chi connectivity index (χ1n) is 11.0. The highest BCUT2D eigenvalue weighted by molar-refractivity contribution is 6.05. The van der Waals surface area contributed by atoms with Crippen LogP contribution >= 0.6 is 0 Å². The molecule has 35 heavy (non-hydrogen) atoms. The minimum absolute atomic E-state index is 0.303. The Kier molecular flexibility index (Phi) is 4.96. The van der Waals surface area contributed by atoms with E-state index in [1.54, 1.807) is 54.6 Å².